The molecular formula is C23H23N5O4. The van der Waals surface area contributed by atoms with Gasteiger partial charge in [-0.15, -0.1) is 0 Å². The minimum absolute atomic E-state index is 0.249. The first-order valence-electron chi connectivity index (χ1n) is 10.1. The molecule has 32 heavy (non-hydrogen) atoms. The summed E-state index contributed by atoms with van der Waals surface area (Å²) in [7, 11) is 3.05. The average molecular weight is 433 g/mol. The van der Waals surface area contributed by atoms with E-state index in [0.717, 1.165) is 16.7 Å². The zero-order valence-electron chi connectivity index (χ0n) is 18.0. The molecule has 4 rings (SSSR count). The largest absolute Gasteiger partial charge is 0.497 e. The summed E-state index contributed by atoms with van der Waals surface area (Å²) in [6, 6.07) is 14.7. The van der Waals surface area contributed by atoms with Crippen molar-refractivity contribution in [2.24, 2.45) is 0 Å². The molecule has 0 aliphatic heterocycles. The highest BCUT2D eigenvalue weighted by Crippen LogP contribution is 2.25. The quantitative estimate of drug-likeness (QED) is 0.481. The van der Waals surface area contributed by atoms with Crippen LogP contribution < -0.4 is 20.3 Å². The number of fused-ring (bicyclic) bond motifs is 1. The van der Waals surface area contributed by atoms with E-state index in [2.05, 4.69) is 22.4 Å². The molecule has 1 amide bonds. The van der Waals surface area contributed by atoms with Crippen LogP contribution >= 0.6 is 0 Å². The molecule has 0 unspecified atom stereocenters. The number of nitrogens with one attached hydrogen (secondary N) is 1. The van der Waals surface area contributed by atoms with E-state index in [1.165, 1.54) is 30.6 Å². The van der Waals surface area contributed by atoms with Crippen molar-refractivity contribution < 1.29 is 14.3 Å². The summed E-state index contributed by atoms with van der Waals surface area (Å²) in [6.07, 6.45) is 2.37. The molecule has 4 aromatic rings. The number of amides is 1. The van der Waals surface area contributed by atoms with Gasteiger partial charge in [0.2, 0.25) is 5.91 Å². The zero-order chi connectivity index (χ0) is 22.7. The number of hydrogen-bond acceptors (Lipinski definition) is 6. The van der Waals surface area contributed by atoms with Crippen LogP contribution in [0.4, 0.5) is 5.69 Å². The van der Waals surface area contributed by atoms with Crippen molar-refractivity contribution >= 4 is 17.1 Å². The van der Waals surface area contributed by atoms with Crippen LogP contribution in [0.25, 0.3) is 16.8 Å². The molecule has 1 N–H and O–H groups in total. The fourth-order valence-electron chi connectivity index (χ4n) is 3.32. The van der Waals surface area contributed by atoms with Gasteiger partial charge in [-0.3, -0.25) is 9.59 Å². The first-order valence-corrected chi connectivity index (χ1v) is 10.1. The first kappa shape index (κ1) is 21.1. The number of methoxy groups -OCH3 is 2. The number of aryl methyl sites for hydroxylation is 1. The van der Waals surface area contributed by atoms with E-state index in [9.17, 15) is 9.59 Å². The predicted molar refractivity (Wildman–Crippen MR) is 120 cm³/mol. The summed E-state index contributed by atoms with van der Waals surface area (Å²) in [5.41, 5.74) is 3.21. The number of carbonyl (C=O) groups is 1. The van der Waals surface area contributed by atoms with Gasteiger partial charge in [0.25, 0.3) is 5.56 Å². The molecule has 2 aromatic carbocycles. The van der Waals surface area contributed by atoms with E-state index in [1.807, 2.05) is 24.3 Å². The SMILES string of the molecule is CCc1ccc(-c2cc3c(=O)n(CC(=O)Nc4cc(OC)cc(OC)c4)ncn3n2)cc1. The molecule has 2 heterocycles. The second-order valence-corrected chi connectivity index (χ2v) is 7.15. The Bertz CT molecular complexity index is 1300. The smallest absolute Gasteiger partial charge is 0.293 e. The van der Waals surface area contributed by atoms with Gasteiger partial charge in [-0.05, 0) is 18.1 Å². The highest BCUT2D eigenvalue weighted by molar-refractivity contribution is 5.91. The fourth-order valence-corrected chi connectivity index (χ4v) is 3.32. The van der Waals surface area contributed by atoms with E-state index in [-0.39, 0.29) is 6.54 Å². The van der Waals surface area contributed by atoms with Crippen LogP contribution in [-0.4, -0.2) is 39.5 Å². The Morgan fingerprint density at radius 1 is 1.03 bits per heavy atom. The molecule has 0 aliphatic carbocycles. The van der Waals surface area contributed by atoms with Crippen LogP contribution in [0.2, 0.25) is 0 Å². The molecule has 0 fully saturated rings. The monoisotopic (exact) mass is 433 g/mol. The number of hydrogen-bond donors (Lipinski definition) is 1. The summed E-state index contributed by atoms with van der Waals surface area (Å²) in [5, 5.41) is 11.3. The minimum Gasteiger partial charge on any atom is -0.497 e. The van der Waals surface area contributed by atoms with Gasteiger partial charge < -0.3 is 14.8 Å². The van der Waals surface area contributed by atoms with Gasteiger partial charge in [0.05, 0.1) is 19.9 Å². The van der Waals surface area contributed by atoms with Crippen LogP contribution in [0.15, 0.2) is 59.7 Å². The Balaban J connectivity index is 1.56. The average Bonchev–Trinajstić information content (AvgIpc) is 3.26. The molecule has 0 aliphatic rings. The number of aromatic nitrogens is 4. The summed E-state index contributed by atoms with van der Waals surface area (Å²) in [5.74, 6) is 0.666. The third kappa shape index (κ3) is 4.31. The Morgan fingerprint density at radius 3 is 2.34 bits per heavy atom. The zero-order valence-corrected chi connectivity index (χ0v) is 18.0. The van der Waals surface area contributed by atoms with Crippen molar-refractivity contribution in [2.75, 3.05) is 19.5 Å². The second kappa shape index (κ2) is 8.93. The highest BCUT2D eigenvalue weighted by atomic mass is 16.5. The van der Waals surface area contributed by atoms with Gasteiger partial charge in [-0.25, -0.2) is 9.20 Å². The van der Waals surface area contributed by atoms with Crippen molar-refractivity contribution in [3.05, 3.63) is 70.8 Å². The molecule has 0 atom stereocenters. The Hall–Kier alpha value is -4.14. The topological polar surface area (TPSA) is 99.8 Å². The summed E-state index contributed by atoms with van der Waals surface area (Å²) in [6.45, 7) is 1.84. The lowest BCUT2D eigenvalue weighted by molar-refractivity contribution is -0.117. The lowest BCUT2D eigenvalue weighted by Crippen LogP contribution is -2.30. The van der Waals surface area contributed by atoms with E-state index in [4.69, 9.17) is 9.47 Å². The Morgan fingerprint density at radius 2 is 1.72 bits per heavy atom. The second-order valence-electron chi connectivity index (χ2n) is 7.15. The van der Waals surface area contributed by atoms with Gasteiger partial charge in [-0.1, -0.05) is 31.2 Å². The Kier molecular flexibility index (Phi) is 5.89. The van der Waals surface area contributed by atoms with Crippen molar-refractivity contribution in [1.29, 1.82) is 0 Å². The van der Waals surface area contributed by atoms with Crippen LogP contribution in [0, 0.1) is 0 Å². The van der Waals surface area contributed by atoms with Gasteiger partial charge in [0, 0.05) is 29.4 Å². The van der Waals surface area contributed by atoms with Gasteiger partial charge in [0.1, 0.15) is 29.9 Å². The molecule has 164 valence electrons. The first-order chi connectivity index (χ1) is 15.5. The van der Waals surface area contributed by atoms with Crippen LogP contribution in [0.5, 0.6) is 11.5 Å². The third-order valence-corrected chi connectivity index (χ3v) is 5.08. The molecule has 2 aromatic heterocycles. The van der Waals surface area contributed by atoms with E-state index in [0.29, 0.717) is 28.4 Å². The minimum atomic E-state index is -0.408. The van der Waals surface area contributed by atoms with Crippen molar-refractivity contribution in [3.8, 4) is 22.8 Å². The lowest BCUT2D eigenvalue weighted by atomic mass is 10.1. The normalized spacial score (nSPS) is 10.8. The maximum atomic E-state index is 12.9. The maximum absolute atomic E-state index is 12.9. The standard InChI is InChI=1S/C23H23N5O4/c1-4-15-5-7-16(8-6-15)20-12-21-23(30)27(24-14-28(21)26-20)13-22(29)25-17-9-18(31-2)11-19(10-17)32-3/h5-12,14H,4,13H2,1-3H3,(H,25,29). The molecule has 0 bridgehead atoms. The van der Waals surface area contributed by atoms with Crippen molar-refractivity contribution in [2.45, 2.75) is 19.9 Å². The fraction of sp³-hybridized carbons (Fsp3) is 0.217. The number of carbonyl (C=O) groups excluding carboxylic acids is 1. The number of anilines is 1. The number of benzene rings is 2. The highest BCUT2D eigenvalue weighted by Gasteiger charge is 2.13. The number of rotatable bonds is 7. The summed E-state index contributed by atoms with van der Waals surface area (Å²) >= 11 is 0. The van der Waals surface area contributed by atoms with Crippen molar-refractivity contribution in [3.63, 3.8) is 0 Å². The number of nitrogens with zero attached hydrogens (tertiary/aromatic N) is 4. The van der Waals surface area contributed by atoms with E-state index >= 15 is 0 Å². The van der Waals surface area contributed by atoms with E-state index < -0.39 is 11.5 Å². The third-order valence-electron chi connectivity index (χ3n) is 5.08. The van der Waals surface area contributed by atoms with Gasteiger partial charge in [-0.2, -0.15) is 10.2 Å². The van der Waals surface area contributed by atoms with Crippen LogP contribution in [-0.2, 0) is 17.8 Å². The molecule has 9 nitrogen and oxygen atoms in total. The van der Waals surface area contributed by atoms with Gasteiger partial charge >= 0.3 is 0 Å². The van der Waals surface area contributed by atoms with Crippen LogP contribution in [0.3, 0.4) is 0 Å². The predicted octanol–water partition coefficient (Wildman–Crippen LogP) is 2.78. The Labute approximate surface area is 184 Å². The number of ether oxygens (including phenoxy) is 2. The molecule has 0 saturated heterocycles. The molecule has 0 saturated carbocycles. The summed E-state index contributed by atoms with van der Waals surface area (Å²) in [4.78, 5) is 25.4. The molecule has 9 heteroatoms. The molecular weight excluding hydrogens is 410 g/mol. The summed E-state index contributed by atoms with van der Waals surface area (Å²) < 4.78 is 12.9. The molecule has 0 radical (unpaired) electrons. The molecule has 0 spiro atoms. The van der Waals surface area contributed by atoms with Gasteiger partial charge in [0.15, 0.2) is 0 Å². The van der Waals surface area contributed by atoms with Crippen molar-refractivity contribution in [1.82, 2.24) is 19.4 Å². The van der Waals surface area contributed by atoms with Crippen LogP contribution in [0.1, 0.15) is 12.5 Å². The van der Waals surface area contributed by atoms with E-state index in [1.54, 1.807) is 24.3 Å². The lowest BCUT2D eigenvalue weighted by Gasteiger charge is -2.10. The maximum Gasteiger partial charge on any atom is 0.293 e.